The minimum Gasteiger partial charge on any atom is -0.294 e. The summed E-state index contributed by atoms with van der Waals surface area (Å²) >= 11 is 0. The Hall–Kier alpha value is -1.96. The van der Waals surface area contributed by atoms with Gasteiger partial charge in [0, 0.05) is 17.5 Å². The molecule has 0 N–H and O–H groups in total. The molecule has 1 rings (SSSR count). The third-order valence-corrected chi connectivity index (χ3v) is 2.15. The Balaban J connectivity index is 0.00000137. The van der Waals surface area contributed by atoms with Crippen LogP contribution in [0.3, 0.4) is 0 Å². The quantitative estimate of drug-likeness (QED) is 0.581. The first kappa shape index (κ1) is 16.0. The molecule has 18 heavy (non-hydrogen) atoms. The molecule has 0 aliphatic heterocycles. The summed E-state index contributed by atoms with van der Waals surface area (Å²) < 4.78 is 0. The number of rotatable bonds is 5. The summed E-state index contributed by atoms with van der Waals surface area (Å²) in [5, 5.41) is 0. The monoisotopic (exact) mass is 243 g/mol. The summed E-state index contributed by atoms with van der Waals surface area (Å²) in [6.07, 6.45) is 6.83. The molecule has 0 aliphatic carbocycles. The van der Waals surface area contributed by atoms with E-state index in [1.54, 1.807) is 18.3 Å². The zero-order valence-electron chi connectivity index (χ0n) is 11.4. The van der Waals surface area contributed by atoms with E-state index in [0.717, 1.165) is 11.3 Å². The van der Waals surface area contributed by atoms with E-state index >= 15 is 0 Å². The Kier molecular flexibility index (Phi) is 8.12. The van der Waals surface area contributed by atoms with E-state index in [-0.39, 0.29) is 5.78 Å². The van der Waals surface area contributed by atoms with Crippen molar-refractivity contribution in [2.24, 2.45) is 0 Å². The van der Waals surface area contributed by atoms with E-state index in [1.807, 2.05) is 32.9 Å². The van der Waals surface area contributed by atoms with E-state index in [9.17, 15) is 4.79 Å². The first-order valence-electron chi connectivity index (χ1n) is 6.07. The highest BCUT2D eigenvalue weighted by Crippen LogP contribution is 2.06. The van der Waals surface area contributed by atoms with Crippen LogP contribution < -0.4 is 0 Å². The number of Topliss-reactive ketones (excluding diaryl/α,β-unsaturated/α-hetero) is 1. The number of hydrogen-bond acceptors (Lipinski definition) is 2. The van der Waals surface area contributed by atoms with Gasteiger partial charge in [-0.15, -0.1) is 0 Å². The fourth-order valence-electron chi connectivity index (χ4n) is 1.27. The molecule has 1 heterocycles. The van der Waals surface area contributed by atoms with Crippen molar-refractivity contribution in [3.05, 3.63) is 66.5 Å². The average Bonchev–Trinajstić information content (AvgIpc) is 2.41. The van der Waals surface area contributed by atoms with Gasteiger partial charge in [-0.25, -0.2) is 0 Å². The highest BCUT2D eigenvalue weighted by Gasteiger charge is 2.07. The summed E-state index contributed by atoms with van der Waals surface area (Å²) in [5.41, 5.74) is 2.42. The van der Waals surface area contributed by atoms with Gasteiger partial charge in [-0.05, 0) is 18.6 Å². The highest BCUT2D eigenvalue weighted by molar-refractivity contribution is 5.99. The highest BCUT2D eigenvalue weighted by atomic mass is 16.1. The van der Waals surface area contributed by atoms with Gasteiger partial charge < -0.3 is 0 Å². The zero-order chi connectivity index (χ0) is 14.0. The molecule has 1 aromatic rings. The molecule has 0 atom stereocenters. The summed E-state index contributed by atoms with van der Waals surface area (Å²) in [5.74, 6) is 0.00579. The number of ketones is 1. The molecule has 0 bridgehead atoms. The van der Waals surface area contributed by atoms with Crippen molar-refractivity contribution in [3.63, 3.8) is 0 Å². The number of hydrogen-bond donors (Lipinski definition) is 0. The second kappa shape index (κ2) is 9.11. The molecule has 0 radical (unpaired) electrons. The number of aryl methyl sites for hydroxylation is 1. The van der Waals surface area contributed by atoms with Gasteiger partial charge in [0.05, 0.1) is 6.42 Å². The minimum atomic E-state index is 0.00579. The predicted molar refractivity (Wildman–Crippen MR) is 77.5 cm³/mol. The van der Waals surface area contributed by atoms with Crippen LogP contribution >= 0.6 is 0 Å². The maximum atomic E-state index is 11.8. The molecule has 0 spiro atoms. The molecule has 0 amide bonds. The maximum absolute atomic E-state index is 11.8. The fourth-order valence-corrected chi connectivity index (χ4v) is 1.27. The van der Waals surface area contributed by atoms with Crippen LogP contribution in [0.2, 0.25) is 0 Å². The summed E-state index contributed by atoms with van der Waals surface area (Å²) in [6.45, 7) is 13.1. The van der Waals surface area contributed by atoms with Crippen LogP contribution in [0.4, 0.5) is 0 Å². The Labute approximate surface area is 110 Å². The Morgan fingerprint density at radius 1 is 1.33 bits per heavy atom. The first-order chi connectivity index (χ1) is 8.67. The van der Waals surface area contributed by atoms with Gasteiger partial charge in [0.15, 0.2) is 5.78 Å². The van der Waals surface area contributed by atoms with Crippen LogP contribution in [-0.2, 0) is 11.2 Å². The van der Waals surface area contributed by atoms with Crippen molar-refractivity contribution < 1.29 is 4.79 Å². The van der Waals surface area contributed by atoms with Crippen molar-refractivity contribution >= 4 is 5.78 Å². The SMILES string of the molecule is C=C/C=C(\C=C)C(=O)Cc1ccc(C)cn1.CC. The van der Waals surface area contributed by atoms with Crippen molar-refractivity contribution in [2.45, 2.75) is 27.2 Å². The molecule has 2 nitrogen and oxygen atoms in total. The average molecular weight is 243 g/mol. The second-order valence-corrected chi connectivity index (χ2v) is 3.49. The topological polar surface area (TPSA) is 30.0 Å². The summed E-state index contributed by atoms with van der Waals surface area (Å²) in [7, 11) is 0. The van der Waals surface area contributed by atoms with E-state index in [2.05, 4.69) is 18.1 Å². The van der Waals surface area contributed by atoms with Crippen LogP contribution in [0.5, 0.6) is 0 Å². The molecule has 0 aliphatic rings. The molecule has 0 unspecified atom stereocenters. The lowest BCUT2D eigenvalue weighted by molar-refractivity contribution is -0.114. The molecule has 0 fully saturated rings. The van der Waals surface area contributed by atoms with E-state index in [1.165, 1.54) is 6.08 Å². The lowest BCUT2D eigenvalue weighted by atomic mass is 10.1. The molecule has 0 saturated heterocycles. The van der Waals surface area contributed by atoms with Crippen molar-refractivity contribution in [2.75, 3.05) is 0 Å². The summed E-state index contributed by atoms with van der Waals surface area (Å²) in [6, 6.07) is 3.81. The van der Waals surface area contributed by atoms with Crippen LogP contribution in [0, 0.1) is 6.92 Å². The Morgan fingerprint density at radius 3 is 2.44 bits per heavy atom. The summed E-state index contributed by atoms with van der Waals surface area (Å²) in [4.78, 5) is 16.0. The Morgan fingerprint density at radius 2 is 2.00 bits per heavy atom. The van der Waals surface area contributed by atoms with Crippen molar-refractivity contribution in [3.8, 4) is 0 Å². The molecular weight excluding hydrogens is 222 g/mol. The Bertz CT molecular complexity index is 427. The lowest BCUT2D eigenvalue weighted by Crippen LogP contribution is -2.06. The minimum absolute atomic E-state index is 0.00579. The normalized spacial score (nSPS) is 10.1. The van der Waals surface area contributed by atoms with Gasteiger partial charge in [-0.1, -0.05) is 51.3 Å². The number of aromatic nitrogens is 1. The maximum Gasteiger partial charge on any atom is 0.168 e. The number of pyridine rings is 1. The van der Waals surface area contributed by atoms with Gasteiger partial charge >= 0.3 is 0 Å². The number of nitrogens with zero attached hydrogens (tertiary/aromatic N) is 1. The molecular formula is C16H21NO. The van der Waals surface area contributed by atoms with E-state index in [0.29, 0.717) is 12.0 Å². The number of carbonyl (C=O) groups excluding carboxylic acids is 1. The van der Waals surface area contributed by atoms with Crippen molar-refractivity contribution in [1.82, 2.24) is 4.98 Å². The van der Waals surface area contributed by atoms with Crippen LogP contribution in [0.25, 0.3) is 0 Å². The molecule has 0 aromatic carbocycles. The largest absolute Gasteiger partial charge is 0.294 e. The van der Waals surface area contributed by atoms with Gasteiger partial charge in [0.2, 0.25) is 0 Å². The lowest BCUT2D eigenvalue weighted by Gasteiger charge is -2.01. The van der Waals surface area contributed by atoms with Gasteiger partial charge in [-0.3, -0.25) is 9.78 Å². The second-order valence-electron chi connectivity index (χ2n) is 3.49. The van der Waals surface area contributed by atoms with Crippen LogP contribution in [-0.4, -0.2) is 10.8 Å². The smallest absolute Gasteiger partial charge is 0.168 e. The van der Waals surface area contributed by atoms with Gasteiger partial charge in [0.25, 0.3) is 0 Å². The third kappa shape index (κ3) is 5.39. The van der Waals surface area contributed by atoms with Gasteiger partial charge in [-0.2, -0.15) is 0 Å². The first-order valence-corrected chi connectivity index (χ1v) is 6.07. The van der Waals surface area contributed by atoms with Gasteiger partial charge in [0.1, 0.15) is 0 Å². The zero-order valence-corrected chi connectivity index (χ0v) is 11.4. The number of allylic oxidation sites excluding steroid dienone is 4. The predicted octanol–water partition coefficient (Wildman–Crippen LogP) is 3.83. The van der Waals surface area contributed by atoms with E-state index in [4.69, 9.17) is 0 Å². The standard InChI is InChI=1S/C14H15NO.C2H6/c1-4-6-12(5-2)14(16)9-13-8-7-11(3)10-15-13;1-2/h4-8,10H,1-2,9H2,3H3;1-2H3/b12-6+;. The number of carbonyl (C=O) groups is 1. The van der Waals surface area contributed by atoms with Crippen LogP contribution in [0.15, 0.2) is 55.3 Å². The van der Waals surface area contributed by atoms with Crippen molar-refractivity contribution in [1.29, 1.82) is 0 Å². The molecule has 0 saturated carbocycles. The van der Waals surface area contributed by atoms with E-state index < -0.39 is 0 Å². The molecule has 96 valence electrons. The molecule has 1 aromatic heterocycles. The fraction of sp³-hybridized carbons (Fsp3) is 0.250. The van der Waals surface area contributed by atoms with Crippen LogP contribution in [0.1, 0.15) is 25.1 Å². The third-order valence-electron chi connectivity index (χ3n) is 2.15. The molecule has 2 heteroatoms.